The van der Waals surface area contributed by atoms with E-state index in [1.54, 1.807) is 24.3 Å². The monoisotopic (exact) mass is 269 g/mol. The molecule has 0 saturated heterocycles. The molecule has 20 heavy (non-hydrogen) atoms. The third-order valence-electron chi connectivity index (χ3n) is 2.65. The fourth-order valence-corrected chi connectivity index (χ4v) is 1.75. The van der Waals surface area contributed by atoms with Crippen molar-refractivity contribution >= 4 is 23.8 Å². The van der Waals surface area contributed by atoms with Crippen molar-refractivity contribution in [1.29, 1.82) is 0 Å². The van der Waals surface area contributed by atoms with Gasteiger partial charge in [-0.15, -0.1) is 0 Å². The molecule has 5 nitrogen and oxygen atoms in total. The Morgan fingerprint density at radius 2 is 1.60 bits per heavy atom. The fraction of sp³-hybridized carbons (Fsp3) is 0. The van der Waals surface area contributed by atoms with Crippen molar-refractivity contribution in [2.45, 2.75) is 0 Å². The second-order valence-corrected chi connectivity index (χ2v) is 3.97. The summed E-state index contributed by atoms with van der Waals surface area (Å²) in [5.41, 5.74) is 0.389. The topological polar surface area (TPSA) is 87.0 Å². The van der Waals surface area contributed by atoms with E-state index in [0.29, 0.717) is 5.69 Å². The molecule has 100 valence electrons. The highest BCUT2D eigenvalue weighted by atomic mass is 16.4. The Labute approximate surface area is 114 Å². The number of rotatable bonds is 4. The molecule has 0 spiro atoms. The van der Waals surface area contributed by atoms with Crippen LogP contribution in [0.25, 0.3) is 0 Å². The van der Waals surface area contributed by atoms with E-state index in [2.05, 4.69) is 4.99 Å². The molecule has 0 unspecified atom stereocenters. The van der Waals surface area contributed by atoms with Crippen LogP contribution in [0.3, 0.4) is 0 Å². The Balaban J connectivity index is 2.47. The Morgan fingerprint density at radius 3 is 2.20 bits per heavy atom. The lowest BCUT2D eigenvalue weighted by atomic mass is 10.0. The first-order chi connectivity index (χ1) is 9.59. The summed E-state index contributed by atoms with van der Waals surface area (Å²) in [7, 11) is 0. The summed E-state index contributed by atoms with van der Waals surface area (Å²) in [5, 5.41) is 18.2. The molecule has 2 aromatic rings. The minimum atomic E-state index is -1.29. The molecule has 0 aliphatic heterocycles. The zero-order valence-electron chi connectivity index (χ0n) is 10.4. The van der Waals surface area contributed by atoms with Crippen LogP contribution < -0.4 is 0 Å². The summed E-state index contributed by atoms with van der Waals surface area (Å²) in [6, 6.07) is 13.2. The number of hydrogen-bond donors (Lipinski definition) is 2. The van der Waals surface area contributed by atoms with Crippen LogP contribution in [0.4, 0.5) is 5.69 Å². The van der Waals surface area contributed by atoms with Gasteiger partial charge in [-0.05, 0) is 18.2 Å². The van der Waals surface area contributed by atoms with Crippen LogP contribution >= 0.6 is 0 Å². The number of carboxylic acids is 2. The lowest BCUT2D eigenvalue weighted by Gasteiger charge is -2.04. The lowest BCUT2D eigenvalue weighted by Crippen LogP contribution is -2.11. The van der Waals surface area contributed by atoms with Gasteiger partial charge in [-0.25, -0.2) is 9.59 Å². The van der Waals surface area contributed by atoms with Gasteiger partial charge < -0.3 is 10.2 Å². The molecule has 0 bridgehead atoms. The highest BCUT2D eigenvalue weighted by Crippen LogP contribution is 2.16. The Hall–Kier alpha value is -2.95. The van der Waals surface area contributed by atoms with Gasteiger partial charge in [0.25, 0.3) is 0 Å². The molecule has 0 aliphatic carbocycles. The molecule has 0 aromatic heterocycles. The summed E-state index contributed by atoms with van der Waals surface area (Å²) in [5.74, 6) is -2.57. The number of para-hydroxylation sites is 1. The fourth-order valence-electron chi connectivity index (χ4n) is 1.75. The standard InChI is InChI=1S/C15H11NO4/c17-14(18)12-8-4-5-10(13(12)15(19)20)9-16-11-6-2-1-3-7-11/h1-9H,(H,17,18)(H,19,20). The van der Waals surface area contributed by atoms with Gasteiger partial charge in [0.05, 0.1) is 16.8 Å². The van der Waals surface area contributed by atoms with Crippen molar-refractivity contribution in [3.63, 3.8) is 0 Å². The summed E-state index contributed by atoms with van der Waals surface area (Å²) in [4.78, 5) is 26.4. The summed E-state index contributed by atoms with van der Waals surface area (Å²) < 4.78 is 0. The second-order valence-electron chi connectivity index (χ2n) is 3.97. The number of aromatic carboxylic acids is 2. The van der Waals surface area contributed by atoms with E-state index in [9.17, 15) is 9.59 Å². The number of benzene rings is 2. The molecule has 0 fully saturated rings. The van der Waals surface area contributed by atoms with E-state index >= 15 is 0 Å². The van der Waals surface area contributed by atoms with Crippen LogP contribution in [-0.4, -0.2) is 28.4 Å². The van der Waals surface area contributed by atoms with Crippen molar-refractivity contribution in [3.05, 3.63) is 65.2 Å². The number of aliphatic imine (C=N–C) groups is 1. The van der Waals surface area contributed by atoms with E-state index in [1.165, 1.54) is 24.4 Å². The Bertz CT molecular complexity index is 678. The average molecular weight is 269 g/mol. The van der Waals surface area contributed by atoms with Gasteiger partial charge in [0.15, 0.2) is 0 Å². The Kier molecular flexibility index (Phi) is 3.91. The number of hydrogen-bond acceptors (Lipinski definition) is 3. The number of carboxylic acid groups (broad SMARTS) is 2. The zero-order chi connectivity index (χ0) is 14.5. The molecule has 0 radical (unpaired) electrons. The maximum atomic E-state index is 11.2. The molecule has 2 rings (SSSR count). The lowest BCUT2D eigenvalue weighted by molar-refractivity contribution is 0.0651. The van der Waals surface area contributed by atoms with Gasteiger partial charge in [-0.1, -0.05) is 30.3 Å². The van der Waals surface area contributed by atoms with Crippen molar-refractivity contribution in [3.8, 4) is 0 Å². The molecular weight excluding hydrogens is 258 g/mol. The predicted molar refractivity (Wildman–Crippen MR) is 74.1 cm³/mol. The van der Waals surface area contributed by atoms with Crippen LogP contribution in [0.1, 0.15) is 26.3 Å². The molecule has 2 N–H and O–H groups in total. The smallest absolute Gasteiger partial charge is 0.337 e. The van der Waals surface area contributed by atoms with Crippen molar-refractivity contribution in [1.82, 2.24) is 0 Å². The molecule has 0 aliphatic rings. The van der Waals surface area contributed by atoms with Gasteiger partial charge in [0.2, 0.25) is 0 Å². The zero-order valence-corrected chi connectivity index (χ0v) is 10.4. The van der Waals surface area contributed by atoms with E-state index in [0.717, 1.165) is 0 Å². The minimum absolute atomic E-state index is 0.251. The average Bonchev–Trinajstić information content (AvgIpc) is 2.45. The molecule has 0 amide bonds. The maximum absolute atomic E-state index is 11.2. The van der Waals surface area contributed by atoms with Crippen LogP contribution in [0.15, 0.2) is 53.5 Å². The van der Waals surface area contributed by atoms with Crippen molar-refractivity contribution in [2.75, 3.05) is 0 Å². The van der Waals surface area contributed by atoms with Crippen LogP contribution in [0.2, 0.25) is 0 Å². The molecule has 0 atom stereocenters. The predicted octanol–water partition coefficient (Wildman–Crippen LogP) is 2.83. The van der Waals surface area contributed by atoms with Crippen LogP contribution in [-0.2, 0) is 0 Å². The van der Waals surface area contributed by atoms with Crippen molar-refractivity contribution in [2.24, 2.45) is 4.99 Å². The normalized spacial score (nSPS) is 10.6. The first-order valence-electron chi connectivity index (χ1n) is 5.78. The quantitative estimate of drug-likeness (QED) is 0.835. The minimum Gasteiger partial charge on any atom is -0.478 e. The molecule has 5 heteroatoms. The highest BCUT2D eigenvalue weighted by molar-refractivity contribution is 6.07. The SMILES string of the molecule is O=C(O)c1cccc(C=Nc2ccccc2)c1C(=O)O. The summed E-state index contributed by atoms with van der Waals surface area (Å²) in [6.07, 6.45) is 1.35. The van der Waals surface area contributed by atoms with Gasteiger partial charge in [0.1, 0.15) is 0 Å². The summed E-state index contributed by atoms with van der Waals surface area (Å²) >= 11 is 0. The first-order valence-corrected chi connectivity index (χ1v) is 5.78. The van der Waals surface area contributed by atoms with Gasteiger partial charge in [0, 0.05) is 11.8 Å². The van der Waals surface area contributed by atoms with Crippen molar-refractivity contribution < 1.29 is 19.8 Å². The summed E-state index contributed by atoms with van der Waals surface area (Å²) in [6.45, 7) is 0. The van der Waals surface area contributed by atoms with E-state index in [1.807, 2.05) is 6.07 Å². The second kappa shape index (κ2) is 5.79. The van der Waals surface area contributed by atoms with E-state index in [-0.39, 0.29) is 16.7 Å². The molecule has 2 aromatic carbocycles. The third-order valence-corrected chi connectivity index (χ3v) is 2.65. The van der Waals surface area contributed by atoms with Crippen LogP contribution in [0, 0.1) is 0 Å². The largest absolute Gasteiger partial charge is 0.478 e. The Morgan fingerprint density at radius 1 is 0.900 bits per heavy atom. The van der Waals surface area contributed by atoms with Gasteiger partial charge in [-0.2, -0.15) is 0 Å². The third kappa shape index (κ3) is 2.89. The number of carbonyl (C=O) groups is 2. The van der Waals surface area contributed by atoms with E-state index in [4.69, 9.17) is 10.2 Å². The first kappa shape index (κ1) is 13.5. The van der Waals surface area contributed by atoms with Crippen LogP contribution in [0.5, 0.6) is 0 Å². The molecule has 0 heterocycles. The number of nitrogens with zero attached hydrogens (tertiary/aromatic N) is 1. The maximum Gasteiger partial charge on any atom is 0.337 e. The molecular formula is C15H11NO4. The molecule has 0 saturated carbocycles. The highest BCUT2D eigenvalue weighted by Gasteiger charge is 2.18. The van der Waals surface area contributed by atoms with Gasteiger partial charge in [-0.3, -0.25) is 4.99 Å². The van der Waals surface area contributed by atoms with Gasteiger partial charge >= 0.3 is 11.9 Å². The van der Waals surface area contributed by atoms with E-state index < -0.39 is 11.9 Å².